The monoisotopic (exact) mass is 260 g/mol. The van der Waals surface area contributed by atoms with E-state index in [0.29, 0.717) is 6.04 Å². The van der Waals surface area contributed by atoms with Crippen LogP contribution >= 0.6 is 0 Å². The number of likely N-dealkylation sites (N-methyl/N-ethyl adjacent to an activating group) is 1. The van der Waals surface area contributed by atoms with Crippen LogP contribution in [0.2, 0.25) is 0 Å². The van der Waals surface area contributed by atoms with Gasteiger partial charge in [0, 0.05) is 19.1 Å². The Morgan fingerprint density at radius 1 is 1.16 bits per heavy atom. The van der Waals surface area contributed by atoms with Crippen LogP contribution in [0.15, 0.2) is 24.3 Å². The maximum absolute atomic E-state index is 3.62. The standard InChI is InChI=1S/C17H28N2/c1-4-19(5-2)13-14(3)18-12-15-6-8-16(9-7-15)17-10-11-17/h6-9,14,17-18H,4-5,10-13H2,1-3H3. The lowest BCUT2D eigenvalue weighted by Gasteiger charge is -2.23. The van der Waals surface area contributed by atoms with Gasteiger partial charge in [-0.1, -0.05) is 38.1 Å². The van der Waals surface area contributed by atoms with Crippen LogP contribution in [0.1, 0.15) is 50.7 Å². The molecule has 0 radical (unpaired) electrons. The Morgan fingerprint density at radius 2 is 1.79 bits per heavy atom. The SMILES string of the molecule is CCN(CC)CC(C)NCc1ccc(C2CC2)cc1. The van der Waals surface area contributed by atoms with E-state index in [4.69, 9.17) is 0 Å². The van der Waals surface area contributed by atoms with Crippen LogP contribution in [0.4, 0.5) is 0 Å². The van der Waals surface area contributed by atoms with Crippen molar-refractivity contribution in [3.63, 3.8) is 0 Å². The van der Waals surface area contributed by atoms with E-state index < -0.39 is 0 Å². The van der Waals surface area contributed by atoms with Gasteiger partial charge in [-0.15, -0.1) is 0 Å². The predicted octanol–water partition coefficient (Wildman–Crippen LogP) is 3.38. The summed E-state index contributed by atoms with van der Waals surface area (Å²) >= 11 is 0. The number of nitrogens with one attached hydrogen (secondary N) is 1. The van der Waals surface area contributed by atoms with Crippen molar-refractivity contribution in [2.45, 2.75) is 52.1 Å². The van der Waals surface area contributed by atoms with E-state index in [2.05, 4.69) is 55.3 Å². The molecule has 1 saturated carbocycles. The van der Waals surface area contributed by atoms with Crippen molar-refractivity contribution < 1.29 is 0 Å². The van der Waals surface area contributed by atoms with Crippen LogP contribution in [-0.2, 0) is 6.54 Å². The summed E-state index contributed by atoms with van der Waals surface area (Å²) in [6.45, 7) is 11.1. The second kappa shape index (κ2) is 7.06. The van der Waals surface area contributed by atoms with Crippen molar-refractivity contribution in [1.29, 1.82) is 0 Å². The molecular weight excluding hydrogens is 232 g/mol. The van der Waals surface area contributed by atoms with Crippen molar-refractivity contribution in [2.24, 2.45) is 0 Å². The first-order valence-corrected chi connectivity index (χ1v) is 7.77. The van der Waals surface area contributed by atoms with Gasteiger partial charge < -0.3 is 10.2 Å². The molecule has 2 rings (SSSR count). The van der Waals surface area contributed by atoms with Crippen LogP contribution in [-0.4, -0.2) is 30.6 Å². The molecule has 0 saturated heterocycles. The summed E-state index contributed by atoms with van der Waals surface area (Å²) in [6.07, 6.45) is 2.77. The summed E-state index contributed by atoms with van der Waals surface area (Å²) in [5.41, 5.74) is 2.93. The van der Waals surface area contributed by atoms with Crippen LogP contribution in [0.5, 0.6) is 0 Å². The van der Waals surface area contributed by atoms with Crippen molar-refractivity contribution >= 4 is 0 Å². The molecule has 0 aliphatic heterocycles. The van der Waals surface area contributed by atoms with Gasteiger partial charge in [-0.2, -0.15) is 0 Å². The molecule has 1 unspecified atom stereocenters. The minimum absolute atomic E-state index is 0.544. The van der Waals surface area contributed by atoms with Crippen LogP contribution in [0.25, 0.3) is 0 Å². The van der Waals surface area contributed by atoms with E-state index in [9.17, 15) is 0 Å². The van der Waals surface area contributed by atoms with Gasteiger partial charge >= 0.3 is 0 Å². The first-order valence-electron chi connectivity index (χ1n) is 7.77. The van der Waals surface area contributed by atoms with Crippen molar-refractivity contribution in [3.8, 4) is 0 Å². The predicted molar refractivity (Wildman–Crippen MR) is 82.5 cm³/mol. The molecule has 19 heavy (non-hydrogen) atoms. The topological polar surface area (TPSA) is 15.3 Å². The number of hydrogen-bond donors (Lipinski definition) is 1. The van der Waals surface area contributed by atoms with Gasteiger partial charge in [0.2, 0.25) is 0 Å². The molecule has 1 aliphatic rings. The molecule has 1 atom stereocenters. The highest BCUT2D eigenvalue weighted by Gasteiger charge is 2.22. The fourth-order valence-electron chi connectivity index (χ4n) is 2.55. The summed E-state index contributed by atoms with van der Waals surface area (Å²) in [5.74, 6) is 0.864. The lowest BCUT2D eigenvalue weighted by Crippen LogP contribution is -2.38. The number of rotatable bonds is 8. The Labute approximate surface area is 118 Å². The molecule has 1 aromatic carbocycles. The minimum Gasteiger partial charge on any atom is -0.309 e. The van der Waals surface area contributed by atoms with Gasteiger partial charge in [-0.3, -0.25) is 0 Å². The Kier molecular flexibility index (Phi) is 5.41. The molecule has 0 aromatic heterocycles. The van der Waals surface area contributed by atoms with Crippen molar-refractivity contribution in [3.05, 3.63) is 35.4 Å². The number of hydrogen-bond acceptors (Lipinski definition) is 2. The van der Waals surface area contributed by atoms with E-state index in [1.165, 1.54) is 24.0 Å². The van der Waals surface area contributed by atoms with Gasteiger partial charge in [-0.05, 0) is 49.9 Å². The highest BCUT2D eigenvalue weighted by molar-refractivity contribution is 5.27. The average molecular weight is 260 g/mol. The quantitative estimate of drug-likeness (QED) is 0.771. The van der Waals surface area contributed by atoms with E-state index in [0.717, 1.165) is 32.1 Å². The van der Waals surface area contributed by atoms with Crippen LogP contribution < -0.4 is 5.32 Å². The maximum atomic E-state index is 3.62. The van der Waals surface area contributed by atoms with Crippen LogP contribution in [0, 0.1) is 0 Å². The first kappa shape index (κ1) is 14.5. The summed E-state index contributed by atoms with van der Waals surface area (Å²) in [7, 11) is 0. The van der Waals surface area contributed by atoms with Gasteiger partial charge in [0.05, 0.1) is 0 Å². The molecule has 2 nitrogen and oxygen atoms in total. The normalized spacial score (nSPS) is 16.8. The third kappa shape index (κ3) is 4.63. The fraction of sp³-hybridized carbons (Fsp3) is 0.647. The van der Waals surface area contributed by atoms with Crippen LogP contribution in [0.3, 0.4) is 0 Å². The van der Waals surface area contributed by atoms with E-state index >= 15 is 0 Å². The molecule has 1 aromatic rings. The fourth-order valence-corrected chi connectivity index (χ4v) is 2.55. The molecule has 2 heteroatoms. The summed E-state index contributed by atoms with van der Waals surface area (Å²) in [6, 6.07) is 9.73. The van der Waals surface area contributed by atoms with Gasteiger partial charge in [0.1, 0.15) is 0 Å². The van der Waals surface area contributed by atoms with E-state index in [-0.39, 0.29) is 0 Å². The number of benzene rings is 1. The third-order valence-electron chi connectivity index (χ3n) is 4.11. The molecular formula is C17H28N2. The highest BCUT2D eigenvalue weighted by atomic mass is 15.1. The molecule has 0 heterocycles. The number of nitrogens with zero attached hydrogens (tertiary/aromatic N) is 1. The Bertz CT molecular complexity index is 363. The van der Waals surface area contributed by atoms with Gasteiger partial charge in [0.25, 0.3) is 0 Å². The zero-order valence-corrected chi connectivity index (χ0v) is 12.7. The first-order chi connectivity index (χ1) is 9.22. The molecule has 0 amide bonds. The lowest BCUT2D eigenvalue weighted by atomic mass is 10.1. The lowest BCUT2D eigenvalue weighted by molar-refractivity contribution is 0.270. The smallest absolute Gasteiger partial charge is 0.0208 e. The van der Waals surface area contributed by atoms with Gasteiger partial charge in [-0.25, -0.2) is 0 Å². The molecule has 1 aliphatic carbocycles. The molecule has 0 bridgehead atoms. The largest absolute Gasteiger partial charge is 0.309 e. The zero-order valence-electron chi connectivity index (χ0n) is 12.7. The zero-order chi connectivity index (χ0) is 13.7. The second-order valence-electron chi connectivity index (χ2n) is 5.78. The van der Waals surface area contributed by atoms with Gasteiger partial charge in [0.15, 0.2) is 0 Å². The molecule has 1 N–H and O–H groups in total. The average Bonchev–Trinajstić information content (AvgIpc) is 3.27. The Balaban J connectivity index is 1.74. The minimum atomic E-state index is 0.544. The molecule has 1 fully saturated rings. The van der Waals surface area contributed by atoms with E-state index in [1.54, 1.807) is 0 Å². The van der Waals surface area contributed by atoms with Crippen molar-refractivity contribution in [2.75, 3.05) is 19.6 Å². The summed E-state index contributed by atoms with van der Waals surface area (Å²) in [4.78, 5) is 2.47. The Hall–Kier alpha value is -0.860. The molecule has 0 spiro atoms. The maximum Gasteiger partial charge on any atom is 0.0208 e. The summed E-state index contributed by atoms with van der Waals surface area (Å²) in [5, 5.41) is 3.62. The molecule has 106 valence electrons. The van der Waals surface area contributed by atoms with E-state index in [1.807, 2.05) is 0 Å². The Morgan fingerprint density at radius 3 is 2.32 bits per heavy atom. The van der Waals surface area contributed by atoms with Crippen molar-refractivity contribution in [1.82, 2.24) is 10.2 Å². The summed E-state index contributed by atoms with van der Waals surface area (Å²) < 4.78 is 0. The second-order valence-corrected chi connectivity index (χ2v) is 5.78. The third-order valence-corrected chi connectivity index (χ3v) is 4.11. The highest BCUT2D eigenvalue weighted by Crippen LogP contribution is 2.39.